The zero-order chi connectivity index (χ0) is 30.0. The number of carbonyl (C=O) groups is 1. The van der Waals surface area contributed by atoms with Gasteiger partial charge in [-0.3, -0.25) is 9.36 Å². The minimum absolute atomic E-state index is 0.120. The van der Waals surface area contributed by atoms with Crippen molar-refractivity contribution in [2.24, 2.45) is 4.99 Å². The number of aromatic nitrogens is 1. The molecule has 12 heteroatoms. The molecule has 0 amide bonds. The lowest BCUT2D eigenvalue weighted by molar-refractivity contribution is -0.140. The van der Waals surface area contributed by atoms with E-state index in [1.807, 2.05) is 12.1 Å². The minimum atomic E-state index is -4.99. The molecule has 1 aromatic heterocycles. The quantitative estimate of drug-likeness (QED) is 0.227. The summed E-state index contributed by atoms with van der Waals surface area (Å²) in [6.45, 7) is 1.59. The van der Waals surface area contributed by atoms with Crippen molar-refractivity contribution in [2.75, 3.05) is 6.61 Å². The average Bonchev–Trinajstić information content (AvgIpc) is 3.26. The first-order chi connectivity index (χ1) is 20.0. The maximum atomic E-state index is 14.3. The number of carbonyl (C=O) groups excluding carboxylic acids is 1. The van der Waals surface area contributed by atoms with E-state index in [4.69, 9.17) is 32.7 Å². The minimum Gasteiger partial charge on any atom is -0.489 e. The summed E-state index contributed by atoms with van der Waals surface area (Å²) in [7, 11) is 0. The van der Waals surface area contributed by atoms with Crippen LogP contribution in [-0.2, 0) is 16.1 Å². The number of nitrogens with zero attached hydrogens (tertiary/aromatic N) is 2. The Balaban J connectivity index is 1.61. The Bertz CT molecular complexity index is 1850. The third-order valence-electron chi connectivity index (χ3n) is 6.26. The van der Waals surface area contributed by atoms with E-state index in [2.05, 4.69) is 4.99 Å². The van der Waals surface area contributed by atoms with Crippen LogP contribution in [0.25, 0.3) is 6.08 Å². The Morgan fingerprint density at radius 1 is 1.05 bits per heavy atom. The monoisotopic (exact) mass is 632 g/mol. The van der Waals surface area contributed by atoms with Crippen LogP contribution < -0.4 is 19.6 Å². The van der Waals surface area contributed by atoms with Crippen molar-refractivity contribution < 1.29 is 27.4 Å². The molecule has 0 saturated carbocycles. The Kier molecular flexibility index (Phi) is 8.58. The van der Waals surface area contributed by atoms with Crippen LogP contribution in [-0.4, -0.2) is 23.3 Å². The number of ether oxygens (including phenoxy) is 2. The number of allylic oxidation sites excluding steroid dienone is 1. The van der Waals surface area contributed by atoms with Crippen LogP contribution in [0.2, 0.25) is 10.0 Å². The first-order valence-corrected chi connectivity index (χ1v) is 14.2. The molecule has 0 fully saturated rings. The molecule has 3 aromatic carbocycles. The maximum Gasteiger partial charge on any atom is 0.434 e. The first kappa shape index (κ1) is 29.6. The molecule has 0 unspecified atom stereocenters. The van der Waals surface area contributed by atoms with Gasteiger partial charge in [0, 0.05) is 10.0 Å². The van der Waals surface area contributed by atoms with Crippen LogP contribution in [0.5, 0.6) is 5.75 Å². The number of rotatable bonds is 7. The van der Waals surface area contributed by atoms with Gasteiger partial charge in [0.25, 0.3) is 5.56 Å². The van der Waals surface area contributed by atoms with Crippen molar-refractivity contribution in [3.63, 3.8) is 0 Å². The standard InChI is InChI=1S/C30H21Cl2F3N2O4S/c1-2-40-28(39)24-25(19-8-12-21(32)13-9-19)37-27(38)23(42-29(37)36-26(24)30(33,34)35)15-18-4-3-5-22(14-18)41-16-17-6-10-20(31)11-7-17/h3-15,25H,2,16H2,1H3/b23-15+/t25-/m0/s1. The van der Waals surface area contributed by atoms with E-state index in [0.29, 0.717) is 21.4 Å². The summed E-state index contributed by atoms with van der Waals surface area (Å²) in [6, 6.07) is 18.5. The van der Waals surface area contributed by atoms with Crippen molar-refractivity contribution in [3.8, 4) is 5.75 Å². The van der Waals surface area contributed by atoms with Gasteiger partial charge in [0.1, 0.15) is 12.4 Å². The Morgan fingerprint density at radius 2 is 1.71 bits per heavy atom. The van der Waals surface area contributed by atoms with Gasteiger partial charge in [-0.2, -0.15) is 13.2 Å². The number of thiazole rings is 1. The van der Waals surface area contributed by atoms with E-state index in [0.717, 1.165) is 21.5 Å². The molecule has 5 rings (SSSR count). The third-order valence-corrected chi connectivity index (χ3v) is 7.74. The molecule has 6 nitrogen and oxygen atoms in total. The highest BCUT2D eigenvalue weighted by Crippen LogP contribution is 2.38. The fraction of sp³-hybridized carbons (Fsp3) is 0.167. The molecule has 0 N–H and O–H groups in total. The van der Waals surface area contributed by atoms with Crippen molar-refractivity contribution in [1.29, 1.82) is 0 Å². The number of hydrogen-bond donors (Lipinski definition) is 0. The average molecular weight is 633 g/mol. The molecule has 0 spiro atoms. The zero-order valence-electron chi connectivity index (χ0n) is 21.8. The number of hydrogen-bond acceptors (Lipinski definition) is 6. The summed E-state index contributed by atoms with van der Waals surface area (Å²) in [4.78, 5) is 30.2. The molecular weight excluding hydrogens is 612 g/mol. The van der Waals surface area contributed by atoms with Gasteiger partial charge < -0.3 is 9.47 Å². The molecule has 216 valence electrons. The number of benzene rings is 3. The van der Waals surface area contributed by atoms with Crippen molar-refractivity contribution in [2.45, 2.75) is 25.7 Å². The summed E-state index contributed by atoms with van der Waals surface area (Å²) < 4.78 is 54.8. The van der Waals surface area contributed by atoms with Crippen LogP contribution >= 0.6 is 34.5 Å². The molecule has 1 aliphatic rings. The van der Waals surface area contributed by atoms with E-state index in [9.17, 15) is 22.8 Å². The predicted molar refractivity (Wildman–Crippen MR) is 154 cm³/mol. The third kappa shape index (κ3) is 6.30. The molecule has 1 atom stereocenters. The van der Waals surface area contributed by atoms with E-state index < -0.39 is 35.0 Å². The van der Waals surface area contributed by atoms with E-state index in [-0.39, 0.29) is 28.1 Å². The highest BCUT2D eigenvalue weighted by Gasteiger charge is 2.45. The van der Waals surface area contributed by atoms with Gasteiger partial charge in [-0.1, -0.05) is 70.9 Å². The maximum absolute atomic E-state index is 14.3. The molecular formula is C30H21Cl2F3N2O4S. The first-order valence-electron chi connectivity index (χ1n) is 12.6. The smallest absolute Gasteiger partial charge is 0.434 e. The van der Waals surface area contributed by atoms with Gasteiger partial charge in [-0.05, 0) is 66.1 Å². The molecule has 2 heterocycles. The van der Waals surface area contributed by atoms with Crippen LogP contribution in [0.1, 0.15) is 29.7 Å². The normalized spacial score (nSPS) is 15.3. The number of fused-ring (bicyclic) bond motifs is 1. The fourth-order valence-electron chi connectivity index (χ4n) is 4.39. The largest absolute Gasteiger partial charge is 0.489 e. The lowest BCUT2D eigenvalue weighted by atomic mass is 9.95. The van der Waals surface area contributed by atoms with Crippen molar-refractivity contribution in [1.82, 2.24) is 4.57 Å². The molecule has 42 heavy (non-hydrogen) atoms. The Morgan fingerprint density at radius 3 is 2.36 bits per heavy atom. The van der Waals surface area contributed by atoms with Gasteiger partial charge >= 0.3 is 12.1 Å². The van der Waals surface area contributed by atoms with Crippen LogP contribution in [0, 0.1) is 0 Å². The number of esters is 1. The van der Waals surface area contributed by atoms with E-state index >= 15 is 0 Å². The highest BCUT2D eigenvalue weighted by molar-refractivity contribution is 7.07. The molecule has 4 aromatic rings. The van der Waals surface area contributed by atoms with E-state index in [1.165, 1.54) is 31.2 Å². The van der Waals surface area contributed by atoms with Crippen molar-refractivity contribution >= 4 is 46.6 Å². The number of halogens is 5. The van der Waals surface area contributed by atoms with Gasteiger partial charge in [0.05, 0.1) is 22.8 Å². The predicted octanol–water partition coefficient (Wildman–Crippen LogP) is 6.23. The van der Waals surface area contributed by atoms with Crippen molar-refractivity contribution in [3.05, 3.63) is 130 Å². The SMILES string of the molecule is CCOC(=O)C1=C(C(F)(F)F)N=c2s/c(=C/c3cccc(OCc4ccc(Cl)cc4)c3)c(=O)n2[C@H]1c1ccc(Cl)cc1. The Hall–Kier alpha value is -3.86. The number of alkyl halides is 3. The van der Waals surface area contributed by atoms with Crippen LogP contribution in [0.15, 0.2) is 93.9 Å². The second-order valence-electron chi connectivity index (χ2n) is 9.10. The fourth-order valence-corrected chi connectivity index (χ4v) is 5.65. The summed E-state index contributed by atoms with van der Waals surface area (Å²) in [6.07, 6.45) is -3.45. The summed E-state index contributed by atoms with van der Waals surface area (Å²) in [5, 5.41) is 0.944. The van der Waals surface area contributed by atoms with Crippen LogP contribution in [0.4, 0.5) is 13.2 Å². The topological polar surface area (TPSA) is 69.9 Å². The van der Waals surface area contributed by atoms with Gasteiger partial charge in [-0.15, -0.1) is 0 Å². The van der Waals surface area contributed by atoms with Gasteiger partial charge in [-0.25, -0.2) is 9.79 Å². The molecule has 0 bridgehead atoms. The molecule has 0 aliphatic carbocycles. The lowest BCUT2D eigenvalue weighted by Gasteiger charge is -2.26. The second-order valence-corrected chi connectivity index (χ2v) is 11.0. The van der Waals surface area contributed by atoms with E-state index in [1.54, 1.807) is 42.5 Å². The highest BCUT2D eigenvalue weighted by atomic mass is 35.5. The van der Waals surface area contributed by atoms with Gasteiger partial charge in [0.15, 0.2) is 10.5 Å². The molecule has 1 aliphatic heterocycles. The molecule has 0 saturated heterocycles. The summed E-state index contributed by atoms with van der Waals surface area (Å²) in [5.74, 6) is -0.692. The second kappa shape index (κ2) is 12.2. The van der Waals surface area contributed by atoms with Gasteiger partial charge in [0.2, 0.25) is 0 Å². The Labute approximate surface area is 251 Å². The lowest BCUT2D eigenvalue weighted by Crippen LogP contribution is -2.41. The van der Waals surface area contributed by atoms with Crippen LogP contribution in [0.3, 0.4) is 0 Å². The summed E-state index contributed by atoms with van der Waals surface area (Å²) in [5.41, 5.74) is -1.08. The zero-order valence-corrected chi connectivity index (χ0v) is 24.2. The summed E-state index contributed by atoms with van der Waals surface area (Å²) >= 11 is 12.7. The molecule has 0 radical (unpaired) electrons.